The van der Waals surface area contributed by atoms with Crippen molar-refractivity contribution in [2.75, 3.05) is 7.05 Å². The maximum Gasteiger partial charge on any atom is 0.146 e. The molecule has 3 rings (SSSR count). The molecule has 4 heteroatoms. The van der Waals surface area contributed by atoms with Gasteiger partial charge in [-0.2, -0.15) is 0 Å². The standard InChI is InChI=1S/C16H18N4/c1-3-15-18-8-9-20(15)16-14-7-5-4-6-12(14)10-13(19-16)11-17-2/h4-10,17H,3,11H2,1-2H3. The van der Waals surface area contributed by atoms with E-state index in [1.54, 1.807) is 0 Å². The molecule has 0 saturated heterocycles. The van der Waals surface area contributed by atoms with Crippen molar-refractivity contribution in [1.29, 1.82) is 0 Å². The van der Waals surface area contributed by atoms with Crippen LogP contribution in [-0.4, -0.2) is 21.6 Å². The van der Waals surface area contributed by atoms with E-state index in [9.17, 15) is 0 Å². The van der Waals surface area contributed by atoms with Gasteiger partial charge >= 0.3 is 0 Å². The van der Waals surface area contributed by atoms with Crippen molar-refractivity contribution in [3.05, 3.63) is 54.2 Å². The Balaban J connectivity index is 2.27. The molecule has 0 aliphatic rings. The average molecular weight is 266 g/mol. The smallest absolute Gasteiger partial charge is 0.146 e. The van der Waals surface area contributed by atoms with Crippen molar-refractivity contribution >= 4 is 10.8 Å². The van der Waals surface area contributed by atoms with Crippen molar-refractivity contribution in [3.63, 3.8) is 0 Å². The van der Waals surface area contributed by atoms with Crippen LogP contribution in [0.25, 0.3) is 16.6 Å². The first-order valence-electron chi connectivity index (χ1n) is 6.89. The highest BCUT2D eigenvalue weighted by Gasteiger charge is 2.10. The molecule has 3 aromatic rings. The highest BCUT2D eigenvalue weighted by atomic mass is 15.1. The van der Waals surface area contributed by atoms with Gasteiger partial charge in [0.25, 0.3) is 0 Å². The normalized spacial score (nSPS) is 11.1. The summed E-state index contributed by atoms with van der Waals surface area (Å²) in [5, 5.41) is 5.52. The van der Waals surface area contributed by atoms with Gasteiger partial charge in [-0.05, 0) is 18.5 Å². The van der Waals surface area contributed by atoms with Crippen molar-refractivity contribution in [2.24, 2.45) is 0 Å². The predicted octanol–water partition coefficient (Wildman–Crippen LogP) is 2.70. The summed E-state index contributed by atoms with van der Waals surface area (Å²) in [5.74, 6) is 1.99. The second-order valence-electron chi connectivity index (χ2n) is 4.76. The van der Waals surface area contributed by atoms with Gasteiger partial charge in [0.1, 0.15) is 11.6 Å². The fourth-order valence-electron chi connectivity index (χ4n) is 2.48. The van der Waals surface area contributed by atoms with Crippen LogP contribution in [0.2, 0.25) is 0 Å². The molecule has 0 aliphatic carbocycles. The molecule has 0 amide bonds. The molecule has 1 N–H and O–H groups in total. The minimum Gasteiger partial charge on any atom is -0.314 e. The van der Waals surface area contributed by atoms with Crippen LogP contribution in [0.1, 0.15) is 18.4 Å². The van der Waals surface area contributed by atoms with E-state index in [4.69, 9.17) is 4.98 Å². The number of hydrogen-bond acceptors (Lipinski definition) is 3. The number of nitrogens with one attached hydrogen (secondary N) is 1. The maximum atomic E-state index is 4.80. The maximum absolute atomic E-state index is 4.80. The number of pyridine rings is 1. The Hall–Kier alpha value is -2.20. The topological polar surface area (TPSA) is 42.7 Å². The van der Waals surface area contributed by atoms with Crippen LogP contribution in [-0.2, 0) is 13.0 Å². The van der Waals surface area contributed by atoms with E-state index in [1.807, 2.05) is 25.5 Å². The zero-order valence-electron chi connectivity index (χ0n) is 11.8. The molecule has 0 aliphatic heterocycles. The van der Waals surface area contributed by atoms with Gasteiger partial charge in [0.15, 0.2) is 0 Å². The number of fused-ring (bicyclic) bond motifs is 1. The van der Waals surface area contributed by atoms with Crippen molar-refractivity contribution in [2.45, 2.75) is 19.9 Å². The van der Waals surface area contributed by atoms with Crippen molar-refractivity contribution in [1.82, 2.24) is 19.9 Å². The molecule has 0 saturated carbocycles. The summed E-state index contributed by atoms with van der Waals surface area (Å²) >= 11 is 0. The Bertz CT molecular complexity index is 730. The first kappa shape index (κ1) is 12.8. The molecule has 102 valence electrons. The van der Waals surface area contributed by atoms with Crippen LogP contribution < -0.4 is 5.32 Å². The van der Waals surface area contributed by atoms with Gasteiger partial charge < -0.3 is 5.32 Å². The van der Waals surface area contributed by atoms with Gasteiger partial charge in [-0.25, -0.2) is 9.97 Å². The van der Waals surface area contributed by atoms with Gasteiger partial charge in [0, 0.05) is 30.7 Å². The molecule has 0 bridgehead atoms. The van der Waals surface area contributed by atoms with Gasteiger partial charge in [-0.1, -0.05) is 31.2 Å². The molecule has 0 fully saturated rings. The van der Waals surface area contributed by atoms with Crippen LogP contribution in [0.4, 0.5) is 0 Å². The lowest BCUT2D eigenvalue weighted by Gasteiger charge is -2.12. The van der Waals surface area contributed by atoms with Crippen LogP contribution in [0, 0.1) is 0 Å². The Morgan fingerprint density at radius 2 is 2.10 bits per heavy atom. The van der Waals surface area contributed by atoms with E-state index < -0.39 is 0 Å². The van der Waals surface area contributed by atoms with E-state index in [1.165, 1.54) is 5.39 Å². The number of imidazole rings is 1. The summed E-state index contributed by atoms with van der Waals surface area (Å²) in [6.45, 7) is 2.87. The minimum atomic E-state index is 0.758. The van der Waals surface area contributed by atoms with E-state index in [-0.39, 0.29) is 0 Å². The third kappa shape index (κ3) is 2.18. The van der Waals surface area contributed by atoms with E-state index in [0.29, 0.717) is 0 Å². The quantitative estimate of drug-likeness (QED) is 0.789. The summed E-state index contributed by atoms with van der Waals surface area (Å²) in [6, 6.07) is 10.5. The number of rotatable bonds is 4. The molecular formula is C16H18N4. The summed E-state index contributed by atoms with van der Waals surface area (Å²) < 4.78 is 2.08. The zero-order chi connectivity index (χ0) is 13.9. The molecule has 2 aromatic heterocycles. The highest BCUT2D eigenvalue weighted by molar-refractivity contribution is 5.89. The summed E-state index contributed by atoms with van der Waals surface area (Å²) in [5.41, 5.74) is 1.04. The predicted molar refractivity (Wildman–Crippen MR) is 81.0 cm³/mol. The molecule has 2 heterocycles. The molecular weight excluding hydrogens is 248 g/mol. The fraction of sp³-hybridized carbons (Fsp3) is 0.250. The lowest BCUT2D eigenvalue weighted by atomic mass is 10.1. The monoisotopic (exact) mass is 266 g/mol. The lowest BCUT2D eigenvalue weighted by molar-refractivity contribution is 0.781. The van der Waals surface area contributed by atoms with E-state index >= 15 is 0 Å². The SMILES string of the molecule is CCc1nccn1-c1nc(CNC)cc2ccccc12. The first-order chi connectivity index (χ1) is 9.83. The van der Waals surface area contributed by atoms with Crippen LogP contribution in [0.3, 0.4) is 0 Å². The molecule has 20 heavy (non-hydrogen) atoms. The number of hydrogen-bond donors (Lipinski definition) is 1. The summed E-state index contributed by atoms with van der Waals surface area (Å²) in [6.07, 6.45) is 4.70. The van der Waals surface area contributed by atoms with Gasteiger partial charge in [0.2, 0.25) is 0 Å². The highest BCUT2D eigenvalue weighted by Crippen LogP contribution is 2.22. The number of nitrogens with zero attached hydrogens (tertiary/aromatic N) is 3. The van der Waals surface area contributed by atoms with E-state index in [0.717, 1.165) is 35.7 Å². The lowest BCUT2D eigenvalue weighted by Crippen LogP contribution is -2.10. The van der Waals surface area contributed by atoms with Crippen molar-refractivity contribution in [3.8, 4) is 5.82 Å². The van der Waals surface area contributed by atoms with Crippen LogP contribution in [0.5, 0.6) is 0 Å². The summed E-state index contributed by atoms with van der Waals surface area (Å²) in [4.78, 5) is 9.20. The summed E-state index contributed by atoms with van der Waals surface area (Å²) in [7, 11) is 1.94. The Morgan fingerprint density at radius 3 is 2.90 bits per heavy atom. The minimum absolute atomic E-state index is 0.758. The van der Waals surface area contributed by atoms with Crippen molar-refractivity contribution < 1.29 is 0 Å². The zero-order valence-corrected chi connectivity index (χ0v) is 11.8. The number of aryl methyl sites for hydroxylation is 1. The second-order valence-corrected chi connectivity index (χ2v) is 4.76. The molecule has 4 nitrogen and oxygen atoms in total. The molecule has 0 radical (unpaired) electrons. The molecule has 1 aromatic carbocycles. The number of benzene rings is 1. The van der Waals surface area contributed by atoms with Gasteiger partial charge in [-0.3, -0.25) is 4.57 Å². The third-order valence-corrected chi connectivity index (χ3v) is 3.39. The Kier molecular flexibility index (Phi) is 3.48. The first-order valence-corrected chi connectivity index (χ1v) is 6.89. The fourth-order valence-corrected chi connectivity index (χ4v) is 2.48. The Labute approximate surface area is 118 Å². The third-order valence-electron chi connectivity index (χ3n) is 3.39. The number of aromatic nitrogens is 3. The molecule has 0 unspecified atom stereocenters. The van der Waals surface area contributed by atoms with Crippen LogP contribution in [0.15, 0.2) is 42.7 Å². The Morgan fingerprint density at radius 1 is 1.25 bits per heavy atom. The second kappa shape index (κ2) is 5.43. The van der Waals surface area contributed by atoms with E-state index in [2.05, 4.69) is 46.1 Å². The van der Waals surface area contributed by atoms with Gasteiger partial charge in [0.05, 0.1) is 5.69 Å². The largest absolute Gasteiger partial charge is 0.314 e. The molecule has 0 spiro atoms. The molecule has 0 atom stereocenters. The average Bonchev–Trinajstić information content (AvgIpc) is 2.95. The van der Waals surface area contributed by atoms with Gasteiger partial charge in [-0.15, -0.1) is 0 Å². The van der Waals surface area contributed by atoms with Crippen LogP contribution >= 0.6 is 0 Å².